The minimum Gasteiger partial charge on any atom is -0.309 e. The molecule has 11 aromatic carbocycles. The molecule has 0 saturated heterocycles. The van der Waals surface area contributed by atoms with Crippen LogP contribution in [0.25, 0.3) is 131 Å². The molecule has 4 nitrogen and oxygen atoms in total. The highest BCUT2D eigenvalue weighted by atomic mass is 19.4. The number of rotatable bonds is 8. The van der Waals surface area contributed by atoms with Crippen LogP contribution in [0, 0.1) is 40.8 Å². The predicted octanol–water partition coefficient (Wildman–Crippen LogP) is 21.2. The fourth-order valence-corrected chi connectivity index (χ4v) is 11.4. The molecule has 0 bridgehead atoms. The highest BCUT2D eigenvalue weighted by molar-refractivity contribution is 6.14. The van der Waals surface area contributed by atoms with E-state index in [1.807, 2.05) is 30.3 Å². The Morgan fingerprint density at radius 1 is 0.312 bits per heavy atom. The van der Waals surface area contributed by atoms with Gasteiger partial charge in [-0.2, -0.15) is 13.2 Å². The summed E-state index contributed by atoms with van der Waals surface area (Å²) in [5, 5.41) is 4.19. The molecule has 0 fully saturated rings. The molecule has 0 aliphatic rings. The Hall–Kier alpha value is -10.2. The summed E-state index contributed by atoms with van der Waals surface area (Å²) in [6.07, 6.45) is -4.63. The zero-order valence-corrected chi connectivity index (χ0v) is 44.3. The lowest BCUT2D eigenvalue weighted by Crippen LogP contribution is -2.04. The number of nitrogens with zero attached hydrogens (tertiary/aromatic N) is 4. The van der Waals surface area contributed by atoms with Crippen LogP contribution in [0.5, 0.6) is 0 Å². The molecule has 13 rings (SSSR count). The molecule has 0 aliphatic heterocycles. The van der Waals surface area contributed by atoms with Crippen molar-refractivity contribution >= 4 is 55.0 Å². The van der Waals surface area contributed by atoms with Crippen LogP contribution in [0.3, 0.4) is 0 Å². The van der Waals surface area contributed by atoms with Crippen molar-refractivity contribution in [3.05, 3.63) is 275 Å². The average Bonchev–Trinajstić information content (AvgIpc) is 4.19. The number of fused-ring (bicyclic) bond motifs is 6. The van der Waals surface area contributed by atoms with E-state index in [0.29, 0.717) is 27.9 Å². The molecule has 0 spiro atoms. The van der Waals surface area contributed by atoms with Crippen molar-refractivity contribution in [1.82, 2.24) is 9.13 Å². The number of hydrogen-bond donors (Lipinski definition) is 0. The third-order valence-electron chi connectivity index (χ3n) is 15.7. The van der Waals surface area contributed by atoms with Gasteiger partial charge in [0.1, 0.15) is 0 Å². The first-order chi connectivity index (χ1) is 38.8. The van der Waals surface area contributed by atoms with Crippen molar-refractivity contribution in [2.75, 3.05) is 0 Å². The SMILES string of the molecule is [C-]#[N+]c1cc(C(F)(F)F)ccc1-c1ccc(-n2c3ccc(-c4ccc(C)cc4)cc3c3cc(-c4ccc(C)cc4)ccc32)c(-c2cc(-n3c4ccc(-c5ccc(C)cc5)cc4c4cc(-c5ccc(C)cc5)ccc43)ccc2[N+]#[C-])c1. The van der Waals surface area contributed by atoms with Gasteiger partial charge in [-0.05, 0) is 173 Å². The zero-order valence-electron chi connectivity index (χ0n) is 44.3. The van der Waals surface area contributed by atoms with Gasteiger partial charge >= 0.3 is 6.18 Å². The lowest BCUT2D eigenvalue weighted by atomic mass is 9.94. The number of alkyl halides is 3. The molecule has 0 N–H and O–H groups in total. The lowest BCUT2D eigenvalue weighted by molar-refractivity contribution is -0.137. The molecule has 80 heavy (non-hydrogen) atoms. The molecule has 7 heteroatoms. The largest absolute Gasteiger partial charge is 0.415 e. The van der Waals surface area contributed by atoms with Crippen molar-refractivity contribution in [2.24, 2.45) is 0 Å². The van der Waals surface area contributed by atoms with Crippen LogP contribution in [0.4, 0.5) is 24.5 Å². The highest BCUT2D eigenvalue weighted by Gasteiger charge is 2.31. The van der Waals surface area contributed by atoms with Gasteiger partial charge in [0.2, 0.25) is 0 Å². The van der Waals surface area contributed by atoms with Crippen LogP contribution < -0.4 is 0 Å². The minimum absolute atomic E-state index is 0.123. The normalized spacial score (nSPS) is 11.7. The summed E-state index contributed by atoms with van der Waals surface area (Å²) < 4.78 is 47.0. The maximum Gasteiger partial charge on any atom is 0.415 e. The molecule has 0 unspecified atom stereocenters. The first-order valence-electron chi connectivity index (χ1n) is 26.5. The molecule has 0 atom stereocenters. The summed E-state index contributed by atoms with van der Waals surface area (Å²) in [4.78, 5) is 7.82. The van der Waals surface area contributed by atoms with E-state index in [1.165, 1.54) is 28.3 Å². The van der Waals surface area contributed by atoms with Crippen LogP contribution in [0.15, 0.2) is 224 Å². The number of benzene rings is 11. The first kappa shape index (κ1) is 49.4. The standard InChI is InChI=1S/C73H49F3N4/c1-44-7-15-48(16-8-44)52-23-32-68-62(37-52)63-38-53(49-17-9-45(2)10-18-49)24-33-69(63)79(68)58-29-31-66(77-5)60(43-58)61-41-56(59-30-28-57(73(74,75)76)42-67(59)78-6)27-36-70(61)80-71-34-25-54(50-19-11-46(3)12-20-50)39-64(71)65-40-55(26-35-72(65)80)51-21-13-47(4)14-22-51/h7-43H,1-4H3. The second-order valence-electron chi connectivity index (χ2n) is 20.9. The van der Waals surface area contributed by atoms with E-state index in [1.54, 1.807) is 0 Å². The average molecular weight is 1040 g/mol. The summed E-state index contributed by atoms with van der Waals surface area (Å²) in [5.41, 5.74) is 20.4. The minimum atomic E-state index is -4.63. The molecular weight excluding hydrogens is 990 g/mol. The van der Waals surface area contributed by atoms with Crippen molar-refractivity contribution in [2.45, 2.75) is 33.9 Å². The maximum atomic E-state index is 14.2. The number of aryl methyl sites for hydroxylation is 4. The molecule has 2 heterocycles. The van der Waals surface area contributed by atoms with Crippen LogP contribution in [-0.4, -0.2) is 9.13 Å². The monoisotopic (exact) mass is 1040 g/mol. The van der Waals surface area contributed by atoms with Gasteiger partial charge in [-0.1, -0.05) is 168 Å². The molecule has 382 valence electrons. The maximum absolute atomic E-state index is 14.2. The fourth-order valence-electron chi connectivity index (χ4n) is 11.4. The summed E-state index contributed by atoms with van der Waals surface area (Å²) in [6.45, 7) is 25.2. The number of aromatic nitrogens is 2. The van der Waals surface area contributed by atoms with Gasteiger partial charge in [-0.3, -0.25) is 0 Å². The fraction of sp³-hybridized carbons (Fsp3) is 0.0685. The van der Waals surface area contributed by atoms with Crippen LogP contribution in [0.2, 0.25) is 0 Å². The Bertz CT molecular complexity index is 4510. The molecular formula is C73H49F3N4. The molecule has 0 saturated carbocycles. The van der Waals surface area contributed by atoms with Crippen molar-refractivity contribution < 1.29 is 13.2 Å². The summed E-state index contributed by atoms with van der Waals surface area (Å²) in [6, 6.07) is 75.6. The molecule has 13 aromatic rings. The van der Waals surface area contributed by atoms with E-state index in [0.717, 1.165) is 112 Å². The second kappa shape index (κ2) is 19.4. The van der Waals surface area contributed by atoms with E-state index >= 15 is 0 Å². The third kappa shape index (κ3) is 8.67. The van der Waals surface area contributed by atoms with Crippen LogP contribution in [-0.2, 0) is 6.18 Å². The Kier molecular flexibility index (Phi) is 11.9. The Morgan fingerprint density at radius 3 is 1.07 bits per heavy atom. The van der Waals surface area contributed by atoms with E-state index < -0.39 is 11.7 Å². The Morgan fingerprint density at radius 2 is 0.688 bits per heavy atom. The lowest BCUT2D eigenvalue weighted by Gasteiger charge is -2.19. The van der Waals surface area contributed by atoms with Crippen molar-refractivity contribution in [3.8, 4) is 78.1 Å². The Labute approximate surface area is 462 Å². The quantitative estimate of drug-likeness (QED) is 0.135. The predicted molar refractivity (Wildman–Crippen MR) is 324 cm³/mol. The van der Waals surface area contributed by atoms with Gasteiger partial charge in [0, 0.05) is 32.8 Å². The summed E-state index contributed by atoms with van der Waals surface area (Å²) in [5.74, 6) is 0. The number of halogens is 3. The highest BCUT2D eigenvalue weighted by Crippen LogP contribution is 2.47. The van der Waals surface area contributed by atoms with Crippen LogP contribution >= 0.6 is 0 Å². The van der Waals surface area contributed by atoms with Gasteiger partial charge in [0.25, 0.3) is 0 Å². The third-order valence-corrected chi connectivity index (χ3v) is 15.7. The first-order valence-corrected chi connectivity index (χ1v) is 26.5. The van der Waals surface area contributed by atoms with Gasteiger partial charge in [-0.25, -0.2) is 9.69 Å². The molecule has 0 radical (unpaired) electrons. The van der Waals surface area contributed by atoms with Gasteiger partial charge < -0.3 is 9.13 Å². The summed E-state index contributed by atoms with van der Waals surface area (Å²) >= 11 is 0. The van der Waals surface area contributed by atoms with Gasteiger partial charge in [-0.15, -0.1) is 0 Å². The van der Waals surface area contributed by atoms with Crippen molar-refractivity contribution in [3.63, 3.8) is 0 Å². The summed E-state index contributed by atoms with van der Waals surface area (Å²) in [7, 11) is 0. The van der Waals surface area contributed by atoms with E-state index in [4.69, 9.17) is 13.1 Å². The van der Waals surface area contributed by atoms with Crippen molar-refractivity contribution in [1.29, 1.82) is 0 Å². The van der Waals surface area contributed by atoms with E-state index in [9.17, 15) is 13.2 Å². The van der Waals surface area contributed by atoms with Gasteiger partial charge in [0.05, 0.1) is 40.9 Å². The van der Waals surface area contributed by atoms with Crippen LogP contribution in [0.1, 0.15) is 27.8 Å². The molecule has 2 aromatic heterocycles. The molecule has 0 aliphatic carbocycles. The van der Waals surface area contributed by atoms with E-state index in [2.05, 4.69) is 222 Å². The Balaban J connectivity index is 1.08. The van der Waals surface area contributed by atoms with E-state index in [-0.39, 0.29) is 5.69 Å². The smallest absolute Gasteiger partial charge is 0.309 e. The zero-order chi connectivity index (χ0) is 55.0. The second-order valence-corrected chi connectivity index (χ2v) is 20.9. The number of hydrogen-bond acceptors (Lipinski definition) is 0. The topological polar surface area (TPSA) is 18.6 Å². The molecule has 0 amide bonds. The van der Waals surface area contributed by atoms with Gasteiger partial charge in [0.15, 0.2) is 11.4 Å².